The Bertz CT molecular complexity index is 921. The van der Waals surface area contributed by atoms with Crippen molar-refractivity contribution < 1.29 is 13.6 Å². The molecular formula is C18H17FN4O2. The third kappa shape index (κ3) is 3.50. The first-order valence-corrected chi connectivity index (χ1v) is 7.63. The van der Waals surface area contributed by atoms with Crippen molar-refractivity contribution in [2.24, 2.45) is 0 Å². The Hall–Kier alpha value is -3.22. The van der Waals surface area contributed by atoms with Gasteiger partial charge in [0, 0.05) is 26.6 Å². The zero-order valence-corrected chi connectivity index (χ0v) is 14.1. The highest BCUT2D eigenvalue weighted by Crippen LogP contribution is 2.30. The molecule has 0 saturated carbocycles. The number of carbonyl (C=O) groups excluding carboxylic acids is 1. The lowest BCUT2D eigenvalue weighted by Crippen LogP contribution is -2.17. The quantitative estimate of drug-likeness (QED) is 0.787. The highest BCUT2D eigenvalue weighted by molar-refractivity contribution is 6.06. The molecule has 3 rings (SSSR count). The van der Waals surface area contributed by atoms with Crippen LogP contribution >= 0.6 is 0 Å². The summed E-state index contributed by atoms with van der Waals surface area (Å²) in [5.41, 5.74) is 1.93. The summed E-state index contributed by atoms with van der Waals surface area (Å²) >= 11 is 0. The Morgan fingerprint density at radius 2 is 1.92 bits per heavy atom. The Balaban J connectivity index is 1.98. The summed E-state index contributed by atoms with van der Waals surface area (Å²) < 4.78 is 19.3. The number of hydrogen-bond donors (Lipinski definition) is 1. The number of nitrogens with one attached hydrogen (secondary N) is 1. The van der Waals surface area contributed by atoms with E-state index in [1.54, 1.807) is 19.1 Å². The number of benzene rings is 2. The number of rotatable bonds is 4. The Labute approximate surface area is 144 Å². The third-order valence-corrected chi connectivity index (χ3v) is 3.62. The molecule has 0 atom stereocenters. The Morgan fingerprint density at radius 1 is 1.16 bits per heavy atom. The van der Waals surface area contributed by atoms with Gasteiger partial charge in [-0.3, -0.25) is 4.79 Å². The smallest absolute Gasteiger partial charge is 0.258 e. The van der Waals surface area contributed by atoms with Gasteiger partial charge in [-0.25, -0.2) is 4.39 Å². The van der Waals surface area contributed by atoms with Crippen molar-refractivity contribution >= 4 is 17.3 Å². The van der Waals surface area contributed by atoms with Crippen molar-refractivity contribution in [2.75, 3.05) is 24.3 Å². The van der Waals surface area contributed by atoms with Crippen molar-refractivity contribution in [1.29, 1.82) is 0 Å². The van der Waals surface area contributed by atoms with Crippen LogP contribution in [0, 0.1) is 12.7 Å². The molecule has 0 radical (unpaired) electrons. The van der Waals surface area contributed by atoms with Crippen LogP contribution in [0.3, 0.4) is 0 Å². The lowest BCUT2D eigenvalue weighted by molar-refractivity contribution is 0.102. The lowest BCUT2D eigenvalue weighted by Gasteiger charge is -2.18. The molecule has 0 aliphatic carbocycles. The molecule has 0 aliphatic rings. The summed E-state index contributed by atoms with van der Waals surface area (Å²) in [7, 11) is 3.70. The molecule has 1 heterocycles. The molecule has 0 unspecified atom stereocenters. The lowest BCUT2D eigenvalue weighted by atomic mass is 10.1. The van der Waals surface area contributed by atoms with Crippen LogP contribution in [0.1, 0.15) is 16.2 Å². The van der Waals surface area contributed by atoms with Crippen LogP contribution in [0.5, 0.6) is 0 Å². The van der Waals surface area contributed by atoms with Gasteiger partial charge in [-0.05, 0) is 30.3 Å². The molecule has 1 amide bonds. The molecule has 1 N–H and O–H groups in total. The molecule has 7 heteroatoms. The van der Waals surface area contributed by atoms with Gasteiger partial charge in [-0.2, -0.15) is 0 Å². The number of hydrogen-bond acceptors (Lipinski definition) is 5. The highest BCUT2D eigenvalue weighted by atomic mass is 19.1. The minimum Gasteiger partial charge on any atom is -0.421 e. The Morgan fingerprint density at radius 3 is 2.56 bits per heavy atom. The van der Waals surface area contributed by atoms with Crippen molar-refractivity contribution in [3.63, 3.8) is 0 Å². The fraction of sp³-hybridized carbons (Fsp3) is 0.167. The summed E-state index contributed by atoms with van der Waals surface area (Å²) in [6, 6.07) is 11.2. The van der Waals surface area contributed by atoms with E-state index in [-0.39, 0.29) is 5.56 Å². The molecule has 0 aliphatic heterocycles. The molecule has 1 aromatic heterocycles. The zero-order chi connectivity index (χ0) is 18.0. The van der Waals surface area contributed by atoms with Crippen LogP contribution in [-0.2, 0) is 0 Å². The first kappa shape index (κ1) is 16.6. The van der Waals surface area contributed by atoms with Crippen LogP contribution < -0.4 is 10.2 Å². The van der Waals surface area contributed by atoms with Crippen molar-refractivity contribution in [3.8, 4) is 11.5 Å². The maximum atomic E-state index is 13.8. The summed E-state index contributed by atoms with van der Waals surface area (Å²) in [5.74, 6) is -0.303. The largest absolute Gasteiger partial charge is 0.421 e. The second-order valence-electron chi connectivity index (χ2n) is 5.69. The first-order chi connectivity index (χ1) is 12.0. The van der Waals surface area contributed by atoms with Gasteiger partial charge in [-0.15, -0.1) is 10.2 Å². The Kier molecular flexibility index (Phi) is 4.47. The molecule has 0 fully saturated rings. The fourth-order valence-corrected chi connectivity index (χ4v) is 2.41. The average Bonchev–Trinajstić information content (AvgIpc) is 3.01. The number of nitrogens with zero attached hydrogens (tertiary/aromatic N) is 3. The molecular weight excluding hydrogens is 323 g/mol. The van der Waals surface area contributed by atoms with Crippen LogP contribution in [0.2, 0.25) is 0 Å². The van der Waals surface area contributed by atoms with E-state index in [9.17, 15) is 9.18 Å². The number of aromatic nitrogens is 2. The van der Waals surface area contributed by atoms with E-state index < -0.39 is 11.7 Å². The number of amides is 1. The van der Waals surface area contributed by atoms with Crippen LogP contribution in [0.4, 0.5) is 15.8 Å². The van der Waals surface area contributed by atoms with Crippen LogP contribution in [0.25, 0.3) is 11.5 Å². The van der Waals surface area contributed by atoms with E-state index in [1.807, 2.05) is 31.1 Å². The standard InChI is InChI=1S/C18H17FN4O2/c1-11-21-22-18(25-11)12-8-9-16(23(2)3)15(10-12)20-17(24)13-6-4-5-7-14(13)19/h4-10H,1-3H3,(H,20,24). The molecule has 6 nitrogen and oxygen atoms in total. The number of carbonyl (C=O) groups is 1. The van der Waals surface area contributed by atoms with Gasteiger partial charge in [-0.1, -0.05) is 12.1 Å². The highest BCUT2D eigenvalue weighted by Gasteiger charge is 2.16. The van der Waals surface area contributed by atoms with E-state index in [0.29, 0.717) is 23.0 Å². The van der Waals surface area contributed by atoms with Crippen LogP contribution in [-0.4, -0.2) is 30.2 Å². The first-order valence-electron chi connectivity index (χ1n) is 7.63. The number of aryl methyl sites for hydroxylation is 1. The maximum Gasteiger partial charge on any atom is 0.258 e. The van der Waals surface area contributed by atoms with Gasteiger partial charge in [0.2, 0.25) is 11.8 Å². The number of halogens is 1. The van der Waals surface area contributed by atoms with E-state index in [0.717, 1.165) is 5.69 Å². The molecule has 2 aromatic carbocycles. The molecule has 128 valence electrons. The summed E-state index contributed by atoms with van der Waals surface area (Å²) in [4.78, 5) is 14.3. The van der Waals surface area contributed by atoms with Crippen LogP contribution in [0.15, 0.2) is 46.9 Å². The number of anilines is 2. The SMILES string of the molecule is Cc1nnc(-c2ccc(N(C)C)c(NC(=O)c3ccccc3F)c2)o1. The van der Waals surface area contributed by atoms with Gasteiger partial charge in [0.1, 0.15) is 5.82 Å². The van der Waals surface area contributed by atoms with Gasteiger partial charge in [0.25, 0.3) is 5.91 Å². The van der Waals surface area contributed by atoms with E-state index in [2.05, 4.69) is 15.5 Å². The molecule has 3 aromatic rings. The monoisotopic (exact) mass is 340 g/mol. The normalized spacial score (nSPS) is 10.6. The molecule has 25 heavy (non-hydrogen) atoms. The third-order valence-electron chi connectivity index (χ3n) is 3.62. The van der Waals surface area contributed by atoms with E-state index >= 15 is 0 Å². The average molecular weight is 340 g/mol. The zero-order valence-electron chi connectivity index (χ0n) is 14.1. The molecule has 0 saturated heterocycles. The van der Waals surface area contributed by atoms with Gasteiger partial charge in [0.15, 0.2) is 0 Å². The van der Waals surface area contributed by atoms with Crippen molar-refractivity contribution in [3.05, 3.63) is 59.7 Å². The molecule has 0 spiro atoms. The van der Waals surface area contributed by atoms with Crippen molar-refractivity contribution in [1.82, 2.24) is 10.2 Å². The fourth-order valence-electron chi connectivity index (χ4n) is 2.41. The predicted molar refractivity (Wildman–Crippen MR) is 93.2 cm³/mol. The summed E-state index contributed by atoms with van der Waals surface area (Å²) in [6.45, 7) is 1.70. The van der Waals surface area contributed by atoms with Crippen molar-refractivity contribution in [2.45, 2.75) is 6.92 Å². The van der Waals surface area contributed by atoms with Gasteiger partial charge in [0.05, 0.1) is 16.9 Å². The van der Waals surface area contributed by atoms with E-state index in [4.69, 9.17) is 4.42 Å². The predicted octanol–water partition coefficient (Wildman–Crippen LogP) is 3.50. The summed E-state index contributed by atoms with van der Waals surface area (Å²) in [6.07, 6.45) is 0. The van der Waals surface area contributed by atoms with Gasteiger partial charge < -0.3 is 14.6 Å². The minimum atomic E-state index is -0.574. The van der Waals surface area contributed by atoms with Gasteiger partial charge >= 0.3 is 0 Å². The molecule has 0 bridgehead atoms. The second kappa shape index (κ2) is 6.72. The topological polar surface area (TPSA) is 71.3 Å². The second-order valence-corrected chi connectivity index (χ2v) is 5.69. The van der Waals surface area contributed by atoms with E-state index in [1.165, 1.54) is 18.2 Å². The minimum absolute atomic E-state index is 0.0220. The maximum absolute atomic E-state index is 13.8. The summed E-state index contributed by atoms with van der Waals surface area (Å²) in [5, 5.41) is 10.5.